The third kappa shape index (κ3) is 2.40. The lowest BCUT2D eigenvalue weighted by Crippen LogP contribution is -1.92. The van der Waals surface area contributed by atoms with Gasteiger partial charge in [-0.05, 0) is 12.1 Å². The van der Waals surface area contributed by atoms with E-state index in [-0.39, 0.29) is 11.3 Å². The van der Waals surface area contributed by atoms with Crippen LogP contribution in [0.5, 0.6) is 0 Å². The number of aromatic amines is 1. The van der Waals surface area contributed by atoms with Gasteiger partial charge in [0.1, 0.15) is 18.0 Å². The summed E-state index contributed by atoms with van der Waals surface area (Å²) in [6.45, 7) is 0. The molecule has 0 spiro atoms. The third-order valence-corrected chi connectivity index (χ3v) is 2.77. The summed E-state index contributed by atoms with van der Waals surface area (Å²) in [6.07, 6.45) is 1.35. The molecule has 1 N–H and O–H groups in total. The molecule has 0 aliphatic heterocycles. The summed E-state index contributed by atoms with van der Waals surface area (Å²) in [5.41, 5.74) is -0.172. The topological polar surface area (TPSA) is 108 Å². The summed E-state index contributed by atoms with van der Waals surface area (Å²) in [6, 6.07) is 6.15. The van der Waals surface area contributed by atoms with Gasteiger partial charge in [0.15, 0.2) is 5.16 Å². The first kappa shape index (κ1) is 11.1. The lowest BCUT2D eigenvalue weighted by atomic mass is 10.2. The molecule has 0 atom stereocenters. The number of aromatic nitrogens is 3. The number of hydrogen-bond donors (Lipinski definition) is 1. The molecule has 8 heteroatoms. The fraction of sp³-hybridized carbons (Fsp3) is 0. The minimum absolute atomic E-state index is 0.0388. The second-order valence-corrected chi connectivity index (χ2v) is 4.00. The summed E-state index contributed by atoms with van der Waals surface area (Å²) in [4.78, 5) is 14.7. The molecule has 2 aromatic rings. The maximum absolute atomic E-state index is 10.7. The van der Waals surface area contributed by atoms with Gasteiger partial charge in [0, 0.05) is 11.0 Å². The van der Waals surface area contributed by atoms with Gasteiger partial charge in [0.05, 0.1) is 4.92 Å². The maximum Gasteiger partial charge on any atom is 0.288 e. The fourth-order valence-corrected chi connectivity index (χ4v) is 1.90. The van der Waals surface area contributed by atoms with Crippen LogP contribution >= 0.6 is 11.8 Å². The van der Waals surface area contributed by atoms with E-state index in [0.29, 0.717) is 10.1 Å². The van der Waals surface area contributed by atoms with Gasteiger partial charge in [-0.25, -0.2) is 4.98 Å². The number of nitrogens with zero attached hydrogens (tertiary/aromatic N) is 4. The van der Waals surface area contributed by atoms with Crippen molar-refractivity contribution in [2.75, 3.05) is 0 Å². The van der Waals surface area contributed by atoms with E-state index in [2.05, 4.69) is 15.2 Å². The van der Waals surface area contributed by atoms with Crippen LogP contribution in [-0.2, 0) is 0 Å². The van der Waals surface area contributed by atoms with Crippen LogP contribution in [-0.4, -0.2) is 20.1 Å². The van der Waals surface area contributed by atoms with E-state index in [1.807, 2.05) is 0 Å². The Hall–Kier alpha value is -2.40. The molecule has 0 aliphatic carbocycles. The molecule has 0 saturated heterocycles. The Labute approximate surface area is 99.6 Å². The number of H-pyrrole nitrogens is 1. The summed E-state index contributed by atoms with van der Waals surface area (Å²) in [5.74, 6) is 0. The predicted octanol–water partition coefficient (Wildman–Crippen LogP) is 1.74. The molecule has 0 unspecified atom stereocenters. The van der Waals surface area contributed by atoms with Crippen LogP contribution in [0.4, 0.5) is 5.69 Å². The van der Waals surface area contributed by atoms with E-state index < -0.39 is 4.92 Å². The fourth-order valence-electron chi connectivity index (χ4n) is 1.18. The molecule has 0 saturated carbocycles. The van der Waals surface area contributed by atoms with Gasteiger partial charge < -0.3 is 0 Å². The Kier molecular flexibility index (Phi) is 3.02. The molecule has 1 aromatic heterocycles. The molecule has 1 heterocycles. The maximum atomic E-state index is 10.7. The largest absolute Gasteiger partial charge is 0.288 e. The molecule has 7 nitrogen and oxygen atoms in total. The highest BCUT2D eigenvalue weighted by molar-refractivity contribution is 7.99. The van der Waals surface area contributed by atoms with Crippen molar-refractivity contribution in [1.82, 2.24) is 15.2 Å². The van der Waals surface area contributed by atoms with Crippen LogP contribution < -0.4 is 0 Å². The van der Waals surface area contributed by atoms with Crippen molar-refractivity contribution in [3.8, 4) is 6.07 Å². The van der Waals surface area contributed by atoms with E-state index >= 15 is 0 Å². The minimum atomic E-state index is -0.580. The Morgan fingerprint density at radius 3 is 2.94 bits per heavy atom. The number of nitro groups is 1. The van der Waals surface area contributed by atoms with Crippen molar-refractivity contribution in [3.63, 3.8) is 0 Å². The van der Waals surface area contributed by atoms with E-state index in [9.17, 15) is 10.1 Å². The van der Waals surface area contributed by atoms with Crippen molar-refractivity contribution in [1.29, 1.82) is 5.26 Å². The molecule has 2 rings (SSSR count). The number of hydrogen-bond acceptors (Lipinski definition) is 6. The van der Waals surface area contributed by atoms with E-state index in [1.165, 1.54) is 30.2 Å². The first-order chi connectivity index (χ1) is 8.20. The van der Waals surface area contributed by atoms with Gasteiger partial charge in [-0.1, -0.05) is 11.8 Å². The molecule has 0 amide bonds. The second-order valence-electron chi connectivity index (χ2n) is 2.94. The van der Waals surface area contributed by atoms with Crippen LogP contribution in [0.2, 0.25) is 0 Å². The monoisotopic (exact) mass is 247 g/mol. The number of benzene rings is 1. The molecular formula is C9H5N5O2S. The highest BCUT2D eigenvalue weighted by atomic mass is 32.2. The van der Waals surface area contributed by atoms with Gasteiger partial charge in [0.2, 0.25) is 0 Å². The van der Waals surface area contributed by atoms with Crippen molar-refractivity contribution < 1.29 is 4.92 Å². The minimum Gasteiger partial charge on any atom is -0.258 e. The molecule has 0 bridgehead atoms. The molecular weight excluding hydrogens is 242 g/mol. The van der Waals surface area contributed by atoms with E-state index in [0.717, 1.165) is 0 Å². The summed E-state index contributed by atoms with van der Waals surface area (Å²) < 4.78 is 0. The average molecular weight is 247 g/mol. The van der Waals surface area contributed by atoms with Crippen molar-refractivity contribution >= 4 is 17.4 Å². The molecule has 0 radical (unpaired) electrons. The zero-order chi connectivity index (χ0) is 12.3. The zero-order valence-electron chi connectivity index (χ0n) is 8.32. The summed E-state index contributed by atoms with van der Waals surface area (Å²) in [7, 11) is 0. The van der Waals surface area contributed by atoms with Gasteiger partial charge in [-0.2, -0.15) is 10.4 Å². The number of nitriles is 1. The summed E-state index contributed by atoms with van der Waals surface area (Å²) >= 11 is 1.20. The molecule has 17 heavy (non-hydrogen) atoms. The number of nitro benzene ring substituents is 1. The van der Waals surface area contributed by atoms with Gasteiger partial charge in [-0.3, -0.25) is 15.2 Å². The summed E-state index contributed by atoms with van der Waals surface area (Å²) in [5, 5.41) is 26.3. The zero-order valence-corrected chi connectivity index (χ0v) is 9.14. The van der Waals surface area contributed by atoms with Crippen molar-refractivity contribution in [2.45, 2.75) is 10.1 Å². The van der Waals surface area contributed by atoms with E-state index in [4.69, 9.17) is 5.26 Å². The van der Waals surface area contributed by atoms with Crippen LogP contribution in [0, 0.1) is 21.4 Å². The normalized spacial score (nSPS) is 9.82. The van der Waals surface area contributed by atoms with Crippen LogP contribution in [0.15, 0.2) is 34.6 Å². The van der Waals surface area contributed by atoms with Gasteiger partial charge >= 0.3 is 0 Å². The van der Waals surface area contributed by atoms with E-state index in [1.54, 1.807) is 12.1 Å². The lowest BCUT2D eigenvalue weighted by Gasteiger charge is -1.99. The molecule has 0 fully saturated rings. The number of nitrogens with one attached hydrogen (secondary N) is 1. The molecule has 1 aromatic carbocycles. The Balaban J connectivity index is 2.35. The van der Waals surface area contributed by atoms with Crippen molar-refractivity contribution in [3.05, 3.63) is 40.2 Å². The van der Waals surface area contributed by atoms with Crippen LogP contribution in [0.3, 0.4) is 0 Å². The Morgan fingerprint density at radius 2 is 2.35 bits per heavy atom. The molecule has 0 aliphatic rings. The lowest BCUT2D eigenvalue weighted by molar-refractivity contribution is -0.385. The first-order valence-corrected chi connectivity index (χ1v) is 5.24. The van der Waals surface area contributed by atoms with Gasteiger partial charge in [-0.15, -0.1) is 0 Å². The standard InChI is InChI=1S/C9H5N5O2S/c10-4-6-1-2-7(3-8(6)14(15)16)17-9-11-5-12-13-9/h1-3,5H,(H,11,12,13). The third-order valence-electron chi connectivity index (χ3n) is 1.89. The Bertz CT molecular complexity index is 590. The first-order valence-electron chi connectivity index (χ1n) is 4.42. The average Bonchev–Trinajstić information content (AvgIpc) is 2.81. The van der Waals surface area contributed by atoms with Crippen molar-refractivity contribution in [2.24, 2.45) is 0 Å². The molecule has 84 valence electrons. The predicted molar refractivity (Wildman–Crippen MR) is 58.3 cm³/mol. The quantitative estimate of drug-likeness (QED) is 0.653. The number of rotatable bonds is 3. The second kappa shape index (κ2) is 4.63. The smallest absolute Gasteiger partial charge is 0.258 e. The Morgan fingerprint density at radius 1 is 1.53 bits per heavy atom. The SMILES string of the molecule is N#Cc1ccc(Sc2ncn[nH]2)cc1[N+](=O)[O-]. The van der Waals surface area contributed by atoms with Crippen LogP contribution in [0.25, 0.3) is 0 Å². The van der Waals surface area contributed by atoms with Crippen LogP contribution in [0.1, 0.15) is 5.56 Å². The highest BCUT2D eigenvalue weighted by Gasteiger charge is 2.15. The van der Waals surface area contributed by atoms with Gasteiger partial charge in [0.25, 0.3) is 5.69 Å². The highest BCUT2D eigenvalue weighted by Crippen LogP contribution is 2.29.